The molecule has 0 saturated heterocycles. The van der Waals surface area contributed by atoms with Crippen LogP contribution in [0.25, 0.3) is 16.5 Å². The van der Waals surface area contributed by atoms with Gasteiger partial charge in [0.1, 0.15) is 18.2 Å². The smallest absolute Gasteiger partial charge is 0.260 e. The summed E-state index contributed by atoms with van der Waals surface area (Å²) in [5, 5.41) is 27.4. The monoisotopic (exact) mass is 467 g/mol. The molecule has 178 valence electrons. The van der Waals surface area contributed by atoms with Gasteiger partial charge in [-0.1, -0.05) is 0 Å². The van der Waals surface area contributed by atoms with Gasteiger partial charge in [0.05, 0.1) is 29.7 Å². The van der Waals surface area contributed by atoms with Crippen LogP contribution in [0.15, 0.2) is 47.8 Å². The lowest BCUT2D eigenvalue weighted by molar-refractivity contribution is 0.146. The highest BCUT2D eigenvalue weighted by Gasteiger charge is 2.19. The summed E-state index contributed by atoms with van der Waals surface area (Å²) in [6.45, 7) is 2.30. The summed E-state index contributed by atoms with van der Waals surface area (Å²) in [5.41, 5.74) is 0.208. The zero-order valence-electron chi connectivity index (χ0n) is 19.1. The number of pyridine rings is 3. The Morgan fingerprint density at radius 2 is 2.12 bits per heavy atom. The van der Waals surface area contributed by atoms with Crippen LogP contribution in [-0.4, -0.2) is 53.5 Å². The maximum atomic E-state index is 14.5. The van der Waals surface area contributed by atoms with Gasteiger partial charge < -0.3 is 24.8 Å². The third-order valence-electron chi connectivity index (χ3n) is 5.19. The summed E-state index contributed by atoms with van der Waals surface area (Å²) >= 11 is 0. The molecule has 0 bridgehead atoms. The first-order valence-electron chi connectivity index (χ1n) is 10.4. The van der Waals surface area contributed by atoms with E-state index < -0.39 is 22.9 Å². The average Bonchev–Trinajstić information content (AvgIpc) is 2.84. The molecule has 0 radical (unpaired) electrons. The van der Waals surface area contributed by atoms with E-state index in [4.69, 9.17) is 25.7 Å². The van der Waals surface area contributed by atoms with Gasteiger partial charge in [0.2, 0.25) is 0 Å². The van der Waals surface area contributed by atoms with E-state index in [1.54, 1.807) is 33.2 Å². The standard InChI is InChI=1S/C23H26FN7O3/c1-14(21(26)31-13-15(8-19(24)22(31)27)16(10-25)11-28-2)30-5-4-20-18(23(30)32)9-17(12-29-20)34-7-6-33-3/h4-5,8-14,25-28H,6-7H2,1-3H3/b16-11+,25-10?,26-21?,27-22?. The highest BCUT2D eigenvalue weighted by atomic mass is 19.1. The van der Waals surface area contributed by atoms with Crippen molar-refractivity contribution in [2.45, 2.75) is 13.0 Å². The first kappa shape index (κ1) is 24.5. The van der Waals surface area contributed by atoms with Crippen molar-refractivity contribution in [2.24, 2.45) is 0 Å². The summed E-state index contributed by atoms with van der Waals surface area (Å²) in [6, 6.07) is 3.51. The fourth-order valence-electron chi connectivity index (χ4n) is 3.35. The Kier molecular flexibility index (Phi) is 7.69. The van der Waals surface area contributed by atoms with Crippen LogP contribution in [0.1, 0.15) is 18.5 Å². The number of rotatable bonds is 9. The lowest BCUT2D eigenvalue weighted by Gasteiger charge is -2.20. The van der Waals surface area contributed by atoms with Gasteiger partial charge in [-0.25, -0.2) is 4.39 Å². The predicted octanol–water partition coefficient (Wildman–Crippen LogP) is 2.14. The molecule has 3 aromatic rings. The van der Waals surface area contributed by atoms with Gasteiger partial charge in [0.25, 0.3) is 5.56 Å². The van der Waals surface area contributed by atoms with Gasteiger partial charge in [-0.05, 0) is 25.1 Å². The zero-order valence-corrected chi connectivity index (χ0v) is 19.1. The Bertz CT molecular complexity index is 1380. The third-order valence-corrected chi connectivity index (χ3v) is 5.19. The number of hydrogen-bond acceptors (Lipinski definition) is 8. The van der Waals surface area contributed by atoms with E-state index in [0.717, 1.165) is 16.8 Å². The van der Waals surface area contributed by atoms with Crippen LogP contribution in [0.4, 0.5) is 4.39 Å². The SMILES string of the molecule is CN/C=C(\C=N)c1cc(F)c(=N)n(C(=N)C(C)n2ccc3ncc(OCCOC)cc3c2=O)c1. The highest BCUT2D eigenvalue weighted by molar-refractivity contribution is 6.08. The minimum Gasteiger partial charge on any atom is -0.490 e. The van der Waals surface area contributed by atoms with E-state index in [-0.39, 0.29) is 5.84 Å². The number of hydrogen-bond donors (Lipinski definition) is 4. The molecule has 0 aliphatic rings. The van der Waals surface area contributed by atoms with E-state index in [1.165, 1.54) is 29.4 Å². The maximum absolute atomic E-state index is 14.5. The molecule has 11 heteroatoms. The van der Waals surface area contributed by atoms with Gasteiger partial charge in [-0.2, -0.15) is 0 Å². The van der Waals surface area contributed by atoms with Crippen molar-refractivity contribution in [1.82, 2.24) is 19.4 Å². The van der Waals surface area contributed by atoms with Crippen molar-refractivity contribution >= 4 is 28.5 Å². The van der Waals surface area contributed by atoms with Crippen LogP contribution in [-0.2, 0) is 4.74 Å². The zero-order chi connectivity index (χ0) is 24.8. The highest BCUT2D eigenvalue weighted by Crippen LogP contribution is 2.18. The molecule has 3 rings (SSSR count). The first-order valence-corrected chi connectivity index (χ1v) is 10.4. The Balaban J connectivity index is 2.03. The normalized spacial score (nSPS) is 12.4. The quantitative estimate of drug-likeness (QED) is 0.217. The molecule has 34 heavy (non-hydrogen) atoms. The fourth-order valence-corrected chi connectivity index (χ4v) is 3.35. The van der Waals surface area contributed by atoms with E-state index in [9.17, 15) is 9.18 Å². The Morgan fingerprint density at radius 1 is 1.35 bits per heavy atom. The second-order valence-electron chi connectivity index (χ2n) is 7.36. The van der Waals surface area contributed by atoms with Crippen molar-refractivity contribution in [2.75, 3.05) is 27.4 Å². The number of nitrogens with zero attached hydrogens (tertiary/aromatic N) is 3. The molecular weight excluding hydrogens is 441 g/mol. The molecule has 0 amide bonds. The average molecular weight is 468 g/mol. The molecule has 1 unspecified atom stereocenters. The van der Waals surface area contributed by atoms with Crippen molar-refractivity contribution in [3.05, 3.63) is 70.2 Å². The largest absolute Gasteiger partial charge is 0.490 e. The van der Waals surface area contributed by atoms with E-state index in [2.05, 4.69) is 10.3 Å². The number of methoxy groups -OCH3 is 1. The van der Waals surface area contributed by atoms with Gasteiger partial charge in [-0.3, -0.25) is 25.2 Å². The number of ether oxygens (including phenoxy) is 2. The molecule has 3 aromatic heterocycles. The van der Waals surface area contributed by atoms with Crippen LogP contribution in [0.2, 0.25) is 0 Å². The summed E-state index contributed by atoms with van der Waals surface area (Å²) in [7, 11) is 3.20. The topological polar surface area (TPSA) is 142 Å². The van der Waals surface area contributed by atoms with E-state index >= 15 is 0 Å². The van der Waals surface area contributed by atoms with Gasteiger partial charge >= 0.3 is 0 Å². The van der Waals surface area contributed by atoms with Crippen LogP contribution in [0.3, 0.4) is 0 Å². The van der Waals surface area contributed by atoms with Crippen molar-refractivity contribution in [1.29, 1.82) is 16.2 Å². The number of aromatic nitrogens is 3. The molecule has 0 saturated carbocycles. The minimum atomic E-state index is -0.855. The van der Waals surface area contributed by atoms with Gasteiger partial charge in [-0.15, -0.1) is 0 Å². The molecule has 0 spiro atoms. The molecule has 0 aromatic carbocycles. The lowest BCUT2D eigenvalue weighted by Crippen LogP contribution is -2.37. The first-order chi connectivity index (χ1) is 16.3. The second-order valence-corrected chi connectivity index (χ2v) is 7.36. The van der Waals surface area contributed by atoms with Crippen LogP contribution >= 0.6 is 0 Å². The number of fused-ring (bicyclic) bond motifs is 1. The third kappa shape index (κ3) is 4.94. The van der Waals surface area contributed by atoms with Crippen molar-refractivity contribution < 1.29 is 13.9 Å². The molecular formula is C23H26FN7O3. The fraction of sp³-hybridized carbons (Fsp3) is 0.261. The summed E-state index contributed by atoms with van der Waals surface area (Å²) < 4.78 is 27.4. The van der Waals surface area contributed by atoms with Crippen molar-refractivity contribution in [3.63, 3.8) is 0 Å². The Morgan fingerprint density at radius 3 is 2.79 bits per heavy atom. The number of allylic oxidation sites excluding steroid dienone is 1. The molecule has 10 nitrogen and oxygen atoms in total. The molecule has 4 N–H and O–H groups in total. The van der Waals surface area contributed by atoms with Crippen LogP contribution in [0.5, 0.6) is 5.75 Å². The number of nitrogens with one attached hydrogen (secondary N) is 4. The van der Waals surface area contributed by atoms with E-state index in [0.29, 0.717) is 41.0 Å². The summed E-state index contributed by atoms with van der Waals surface area (Å²) in [5.74, 6) is -0.636. The molecule has 1 atom stereocenters. The summed E-state index contributed by atoms with van der Waals surface area (Å²) in [6.07, 6.45) is 6.98. The maximum Gasteiger partial charge on any atom is 0.260 e. The molecule has 0 fully saturated rings. The second kappa shape index (κ2) is 10.7. The Hall–Kier alpha value is -4.12. The Labute approximate surface area is 194 Å². The van der Waals surface area contributed by atoms with Gasteiger partial charge in [0, 0.05) is 50.1 Å². The summed E-state index contributed by atoms with van der Waals surface area (Å²) in [4.78, 5) is 17.5. The van der Waals surface area contributed by atoms with Crippen LogP contribution in [0, 0.1) is 22.0 Å². The predicted molar refractivity (Wildman–Crippen MR) is 127 cm³/mol. The van der Waals surface area contributed by atoms with Crippen molar-refractivity contribution in [3.8, 4) is 5.75 Å². The van der Waals surface area contributed by atoms with E-state index in [1.807, 2.05) is 0 Å². The van der Waals surface area contributed by atoms with Crippen LogP contribution < -0.4 is 21.1 Å². The lowest BCUT2D eigenvalue weighted by atomic mass is 10.1. The molecule has 0 aliphatic heterocycles. The minimum absolute atomic E-state index is 0.193. The molecule has 3 heterocycles. The molecule has 0 aliphatic carbocycles. The van der Waals surface area contributed by atoms with Gasteiger partial charge in [0.15, 0.2) is 11.3 Å². The number of halogens is 1.